The highest BCUT2D eigenvalue weighted by atomic mass is 16.5. The fourth-order valence-electron chi connectivity index (χ4n) is 2.50. The van der Waals surface area contributed by atoms with Crippen molar-refractivity contribution in [2.24, 2.45) is 0 Å². The van der Waals surface area contributed by atoms with Crippen LogP contribution >= 0.6 is 0 Å². The summed E-state index contributed by atoms with van der Waals surface area (Å²) in [6.45, 7) is 2.57. The number of carbonyl (C=O) groups is 2. The summed E-state index contributed by atoms with van der Waals surface area (Å²) in [5, 5.41) is 2.79. The van der Waals surface area contributed by atoms with Gasteiger partial charge in [0.25, 0.3) is 5.91 Å². The average molecular weight is 355 g/mol. The van der Waals surface area contributed by atoms with Crippen LogP contribution in [0, 0.1) is 0 Å². The van der Waals surface area contributed by atoms with E-state index in [0.717, 1.165) is 25.7 Å². The monoisotopic (exact) mass is 355 g/mol. The van der Waals surface area contributed by atoms with Crippen LogP contribution in [0.3, 0.4) is 0 Å². The highest BCUT2D eigenvalue weighted by Gasteiger charge is 2.12. The molecule has 0 aliphatic rings. The molecule has 0 atom stereocenters. The van der Waals surface area contributed by atoms with Crippen molar-refractivity contribution in [3.05, 3.63) is 59.7 Å². The van der Waals surface area contributed by atoms with Crippen molar-refractivity contribution in [1.82, 2.24) is 0 Å². The highest BCUT2D eigenvalue weighted by molar-refractivity contribution is 6.06. The molecule has 2 aromatic carbocycles. The first-order chi connectivity index (χ1) is 12.7. The minimum absolute atomic E-state index is 0.270. The zero-order chi connectivity index (χ0) is 18.8. The molecular formula is C21H25NO4. The van der Waals surface area contributed by atoms with E-state index in [0.29, 0.717) is 29.2 Å². The zero-order valence-electron chi connectivity index (χ0n) is 15.3. The van der Waals surface area contributed by atoms with Gasteiger partial charge < -0.3 is 14.8 Å². The number of carbonyl (C=O) groups excluding carboxylic acids is 2. The molecule has 0 spiro atoms. The van der Waals surface area contributed by atoms with E-state index < -0.39 is 0 Å². The molecule has 0 aromatic heterocycles. The molecule has 138 valence electrons. The average Bonchev–Trinajstić information content (AvgIpc) is 2.68. The highest BCUT2D eigenvalue weighted by Crippen LogP contribution is 2.19. The lowest BCUT2D eigenvalue weighted by atomic mass is 10.1. The molecule has 0 radical (unpaired) electrons. The van der Waals surface area contributed by atoms with E-state index in [2.05, 4.69) is 12.2 Å². The maximum absolute atomic E-state index is 12.4. The third-order valence-electron chi connectivity index (χ3n) is 3.96. The van der Waals surface area contributed by atoms with Crippen LogP contribution in [-0.4, -0.2) is 25.6 Å². The molecule has 0 aliphatic heterocycles. The van der Waals surface area contributed by atoms with Gasteiger partial charge in [0.15, 0.2) is 0 Å². The number of benzene rings is 2. The summed E-state index contributed by atoms with van der Waals surface area (Å²) in [5.74, 6) is -0.105. The number of rotatable bonds is 9. The van der Waals surface area contributed by atoms with Crippen LogP contribution in [0.2, 0.25) is 0 Å². The summed E-state index contributed by atoms with van der Waals surface area (Å²) in [6.07, 6.45) is 4.25. The Kier molecular flexibility index (Phi) is 7.68. The number of esters is 1. The van der Waals surface area contributed by atoms with Crippen LogP contribution in [0.25, 0.3) is 0 Å². The lowest BCUT2D eigenvalue weighted by Crippen LogP contribution is -2.13. The Labute approximate surface area is 154 Å². The van der Waals surface area contributed by atoms with Crippen molar-refractivity contribution in [1.29, 1.82) is 0 Å². The standard InChI is InChI=1S/C21H25NO4/c1-3-4-5-8-15-26-21(24)16-11-13-17(14-12-16)22-20(23)18-9-6-7-10-19(18)25-2/h6-7,9-14H,3-5,8,15H2,1-2H3,(H,22,23). The summed E-state index contributed by atoms with van der Waals surface area (Å²) in [6, 6.07) is 13.7. The van der Waals surface area contributed by atoms with Crippen molar-refractivity contribution < 1.29 is 19.1 Å². The molecule has 2 aromatic rings. The maximum atomic E-state index is 12.4. The summed E-state index contributed by atoms with van der Waals surface area (Å²) in [7, 11) is 1.52. The van der Waals surface area contributed by atoms with Crippen molar-refractivity contribution in [2.45, 2.75) is 32.6 Å². The molecule has 0 saturated carbocycles. The van der Waals surface area contributed by atoms with Gasteiger partial charge in [0.1, 0.15) is 5.75 Å². The number of methoxy groups -OCH3 is 1. The Balaban J connectivity index is 1.90. The van der Waals surface area contributed by atoms with Gasteiger partial charge in [-0.25, -0.2) is 4.79 Å². The van der Waals surface area contributed by atoms with E-state index in [1.165, 1.54) is 7.11 Å². The Bertz CT molecular complexity index is 725. The number of anilines is 1. The number of amides is 1. The molecule has 0 bridgehead atoms. The molecule has 2 rings (SSSR count). The van der Waals surface area contributed by atoms with Crippen LogP contribution < -0.4 is 10.1 Å². The minimum atomic E-state index is -0.343. The molecule has 0 aliphatic carbocycles. The van der Waals surface area contributed by atoms with Crippen LogP contribution in [0.5, 0.6) is 5.75 Å². The fourth-order valence-corrected chi connectivity index (χ4v) is 2.50. The van der Waals surface area contributed by atoms with Crippen molar-refractivity contribution >= 4 is 17.6 Å². The van der Waals surface area contributed by atoms with E-state index in [9.17, 15) is 9.59 Å². The predicted octanol–water partition coefficient (Wildman–Crippen LogP) is 4.68. The number of nitrogens with one attached hydrogen (secondary N) is 1. The van der Waals surface area contributed by atoms with Gasteiger partial charge in [-0.05, 0) is 42.8 Å². The van der Waals surface area contributed by atoms with E-state index in [4.69, 9.17) is 9.47 Å². The number of para-hydroxylation sites is 1. The second kappa shape index (κ2) is 10.2. The van der Waals surface area contributed by atoms with E-state index in [1.807, 2.05) is 0 Å². The fraction of sp³-hybridized carbons (Fsp3) is 0.333. The first kappa shape index (κ1) is 19.5. The molecule has 0 fully saturated rings. The van der Waals surface area contributed by atoms with Gasteiger partial charge in [-0.2, -0.15) is 0 Å². The van der Waals surface area contributed by atoms with Gasteiger partial charge in [-0.1, -0.05) is 38.3 Å². The first-order valence-corrected chi connectivity index (χ1v) is 8.87. The maximum Gasteiger partial charge on any atom is 0.338 e. The topological polar surface area (TPSA) is 64.6 Å². The number of unbranched alkanes of at least 4 members (excludes halogenated alkanes) is 3. The van der Waals surface area contributed by atoms with Crippen LogP contribution in [-0.2, 0) is 4.74 Å². The molecule has 0 heterocycles. The van der Waals surface area contributed by atoms with Gasteiger partial charge >= 0.3 is 5.97 Å². The van der Waals surface area contributed by atoms with Crippen molar-refractivity contribution in [2.75, 3.05) is 19.0 Å². The smallest absolute Gasteiger partial charge is 0.338 e. The minimum Gasteiger partial charge on any atom is -0.496 e. The second-order valence-corrected chi connectivity index (χ2v) is 5.93. The van der Waals surface area contributed by atoms with E-state index >= 15 is 0 Å². The normalized spacial score (nSPS) is 10.2. The molecular weight excluding hydrogens is 330 g/mol. The molecule has 0 unspecified atom stereocenters. The van der Waals surface area contributed by atoms with Crippen molar-refractivity contribution in [3.63, 3.8) is 0 Å². The van der Waals surface area contributed by atoms with Crippen molar-refractivity contribution in [3.8, 4) is 5.75 Å². The summed E-state index contributed by atoms with van der Waals surface area (Å²) in [5.41, 5.74) is 1.52. The first-order valence-electron chi connectivity index (χ1n) is 8.87. The Morgan fingerprint density at radius 3 is 2.38 bits per heavy atom. The lowest BCUT2D eigenvalue weighted by Gasteiger charge is -2.09. The molecule has 1 N–H and O–H groups in total. The Hall–Kier alpha value is -2.82. The van der Waals surface area contributed by atoms with Gasteiger partial charge in [-0.3, -0.25) is 4.79 Å². The summed E-state index contributed by atoms with van der Waals surface area (Å²) in [4.78, 5) is 24.3. The largest absolute Gasteiger partial charge is 0.496 e. The Morgan fingerprint density at radius 2 is 1.69 bits per heavy atom. The predicted molar refractivity (Wildman–Crippen MR) is 102 cm³/mol. The lowest BCUT2D eigenvalue weighted by molar-refractivity contribution is 0.0497. The van der Waals surface area contributed by atoms with Gasteiger partial charge in [0, 0.05) is 5.69 Å². The number of hydrogen-bond donors (Lipinski definition) is 1. The Morgan fingerprint density at radius 1 is 0.962 bits per heavy atom. The zero-order valence-corrected chi connectivity index (χ0v) is 15.3. The molecule has 0 saturated heterocycles. The molecule has 5 heteroatoms. The van der Waals surface area contributed by atoms with Crippen LogP contribution in [0.4, 0.5) is 5.69 Å². The molecule has 1 amide bonds. The van der Waals surface area contributed by atoms with Gasteiger partial charge in [-0.15, -0.1) is 0 Å². The number of ether oxygens (including phenoxy) is 2. The summed E-state index contributed by atoms with van der Waals surface area (Å²) >= 11 is 0. The van der Waals surface area contributed by atoms with E-state index in [-0.39, 0.29) is 11.9 Å². The van der Waals surface area contributed by atoms with Gasteiger partial charge in [0.2, 0.25) is 0 Å². The van der Waals surface area contributed by atoms with Crippen LogP contribution in [0.1, 0.15) is 53.3 Å². The third kappa shape index (κ3) is 5.62. The van der Waals surface area contributed by atoms with Crippen LogP contribution in [0.15, 0.2) is 48.5 Å². The van der Waals surface area contributed by atoms with E-state index in [1.54, 1.807) is 48.5 Å². The summed E-state index contributed by atoms with van der Waals surface area (Å²) < 4.78 is 10.4. The SMILES string of the molecule is CCCCCCOC(=O)c1ccc(NC(=O)c2ccccc2OC)cc1. The third-order valence-corrected chi connectivity index (χ3v) is 3.96. The molecule has 26 heavy (non-hydrogen) atoms. The molecule has 5 nitrogen and oxygen atoms in total. The quantitative estimate of drug-likeness (QED) is 0.524. The van der Waals surface area contributed by atoms with Gasteiger partial charge in [0.05, 0.1) is 24.8 Å². The number of hydrogen-bond acceptors (Lipinski definition) is 4. The second-order valence-electron chi connectivity index (χ2n) is 5.93.